The van der Waals surface area contributed by atoms with Crippen LogP contribution in [0.2, 0.25) is 0 Å². The first-order chi connectivity index (χ1) is 10.7. The molecule has 0 fully saturated rings. The summed E-state index contributed by atoms with van der Waals surface area (Å²) in [6.45, 7) is 7.24. The second-order valence-corrected chi connectivity index (χ2v) is 8.15. The fraction of sp³-hybridized carbons (Fsp3) is 0.294. The molecule has 1 aromatic heterocycles. The fourth-order valence-corrected chi connectivity index (χ4v) is 2.57. The molecule has 0 aliphatic rings. The zero-order valence-electron chi connectivity index (χ0n) is 13.5. The van der Waals surface area contributed by atoms with Crippen LogP contribution >= 0.6 is 0 Å². The van der Waals surface area contributed by atoms with E-state index >= 15 is 0 Å². The third kappa shape index (κ3) is 4.30. The summed E-state index contributed by atoms with van der Waals surface area (Å²) >= 11 is -1.36. The average Bonchev–Trinajstić information content (AvgIpc) is 2.43. The molecule has 0 radical (unpaired) electrons. The van der Waals surface area contributed by atoms with Gasteiger partial charge in [0.15, 0.2) is 0 Å². The Morgan fingerprint density at radius 3 is 2.57 bits per heavy atom. The van der Waals surface area contributed by atoms with Gasteiger partial charge in [0.05, 0.1) is 6.21 Å². The number of phenols is 1. The molecule has 23 heavy (non-hydrogen) atoms. The van der Waals surface area contributed by atoms with Crippen LogP contribution in [0.3, 0.4) is 0 Å². The number of pyridine rings is 1. The minimum atomic E-state index is -1.36. The van der Waals surface area contributed by atoms with Gasteiger partial charge < -0.3 is 9.66 Å². The number of phenolic OH excluding ortho intramolecular Hbond substituents is 1. The summed E-state index contributed by atoms with van der Waals surface area (Å²) < 4.78 is 28.9. The van der Waals surface area contributed by atoms with Gasteiger partial charge in [0.25, 0.3) is 0 Å². The molecular weight excluding hydrogens is 315 g/mol. The van der Waals surface area contributed by atoms with Crippen LogP contribution in [-0.4, -0.2) is 25.6 Å². The van der Waals surface area contributed by atoms with Crippen molar-refractivity contribution in [2.24, 2.45) is 4.40 Å². The van der Waals surface area contributed by atoms with Gasteiger partial charge in [-0.1, -0.05) is 4.40 Å². The standard InChI is InChI=1S/C17H19FN2O2S/c1-11-5-14(18)7-15(21)16(11)13-6-12(8-19-10-13)9-20-23(22)17(2,3)4/h5-10,21H,1-4H3. The van der Waals surface area contributed by atoms with E-state index in [2.05, 4.69) is 9.38 Å². The van der Waals surface area contributed by atoms with Crippen LogP contribution in [0.5, 0.6) is 5.75 Å². The first-order valence-electron chi connectivity index (χ1n) is 7.09. The summed E-state index contributed by atoms with van der Waals surface area (Å²) in [6, 6.07) is 4.18. The molecule has 4 nitrogen and oxygen atoms in total. The molecule has 0 aliphatic carbocycles. The first kappa shape index (κ1) is 17.4. The molecule has 0 bridgehead atoms. The third-order valence-corrected chi connectivity index (χ3v) is 4.49. The van der Waals surface area contributed by atoms with Crippen molar-refractivity contribution in [2.75, 3.05) is 0 Å². The molecular formula is C17H19FN2O2S. The van der Waals surface area contributed by atoms with Crippen molar-refractivity contribution < 1.29 is 14.0 Å². The predicted octanol–water partition coefficient (Wildman–Crippen LogP) is 3.78. The zero-order chi connectivity index (χ0) is 17.2. The average molecular weight is 334 g/mol. The predicted molar refractivity (Wildman–Crippen MR) is 91.5 cm³/mol. The topological polar surface area (TPSA) is 68.5 Å². The Hall–Kier alpha value is -1.92. The van der Waals surface area contributed by atoms with Crippen molar-refractivity contribution >= 4 is 17.6 Å². The van der Waals surface area contributed by atoms with Gasteiger partial charge in [-0.05, 0) is 45.4 Å². The molecule has 2 aromatic rings. The number of rotatable bonds is 3. The van der Waals surface area contributed by atoms with E-state index in [0.29, 0.717) is 22.3 Å². The Morgan fingerprint density at radius 2 is 1.96 bits per heavy atom. The van der Waals surface area contributed by atoms with Crippen molar-refractivity contribution in [1.29, 1.82) is 0 Å². The van der Waals surface area contributed by atoms with Gasteiger partial charge >= 0.3 is 0 Å². The molecule has 1 aromatic carbocycles. The maximum atomic E-state index is 13.3. The summed E-state index contributed by atoms with van der Waals surface area (Å²) in [7, 11) is 0. The Balaban J connectivity index is 2.37. The highest BCUT2D eigenvalue weighted by Crippen LogP contribution is 2.33. The summed E-state index contributed by atoms with van der Waals surface area (Å²) in [6.07, 6.45) is 4.66. The van der Waals surface area contributed by atoms with E-state index in [1.165, 1.54) is 12.3 Å². The van der Waals surface area contributed by atoms with Crippen molar-refractivity contribution in [3.8, 4) is 16.9 Å². The van der Waals surface area contributed by atoms with E-state index in [-0.39, 0.29) is 5.75 Å². The molecule has 1 N–H and O–H groups in total. The third-order valence-electron chi connectivity index (χ3n) is 3.15. The summed E-state index contributed by atoms with van der Waals surface area (Å²) in [5.74, 6) is -0.633. The highest BCUT2D eigenvalue weighted by atomic mass is 32.2. The molecule has 0 aliphatic heterocycles. The van der Waals surface area contributed by atoms with Crippen LogP contribution in [-0.2, 0) is 11.4 Å². The molecule has 0 saturated carbocycles. The second-order valence-electron chi connectivity index (χ2n) is 6.22. The molecule has 0 amide bonds. The molecule has 6 heteroatoms. The van der Waals surface area contributed by atoms with Gasteiger partial charge in [-0.15, -0.1) is 0 Å². The maximum absolute atomic E-state index is 13.3. The Morgan fingerprint density at radius 1 is 1.26 bits per heavy atom. The lowest BCUT2D eigenvalue weighted by atomic mass is 10.00. The van der Waals surface area contributed by atoms with Crippen molar-refractivity contribution in [3.05, 3.63) is 47.5 Å². The number of aromatic nitrogens is 1. The van der Waals surface area contributed by atoms with E-state index in [0.717, 1.165) is 6.07 Å². The van der Waals surface area contributed by atoms with E-state index in [9.17, 15) is 14.0 Å². The monoisotopic (exact) mass is 334 g/mol. The number of hydrogen-bond acceptors (Lipinski definition) is 4. The van der Waals surface area contributed by atoms with Gasteiger partial charge in [-0.2, -0.15) is 0 Å². The zero-order valence-corrected chi connectivity index (χ0v) is 14.3. The van der Waals surface area contributed by atoms with Gasteiger partial charge in [0.1, 0.15) is 27.7 Å². The molecule has 122 valence electrons. The van der Waals surface area contributed by atoms with E-state index in [4.69, 9.17) is 0 Å². The van der Waals surface area contributed by atoms with Crippen LogP contribution in [0.25, 0.3) is 11.1 Å². The minimum Gasteiger partial charge on any atom is -0.591 e. The van der Waals surface area contributed by atoms with E-state index in [1.54, 1.807) is 25.4 Å². The van der Waals surface area contributed by atoms with Crippen LogP contribution in [0.1, 0.15) is 31.9 Å². The molecule has 1 heterocycles. The van der Waals surface area contributed by atoms with Gasteiger partial charge in [0, 0.05) is 35.2 Å². The lowest BCUT2D eigenvalue weighted by Gasteiger charge is -2.17. The molecule has 2 rings (SSSR count). The van der Waals surface area contributed by atoms with Crippen LogP contribution < -0.4 is 0 Å². The number of benzene rings is 1. The SMILES string of the molecule is Cc1cc(F)cc(O)c1-c1cncc(C=N[S+]([O-])C(C)(C)C)c1. The van der Waals surface area contributed by atoms with E-state index < -0.39 is 21.9 Å². The molecule has 1 atom stereocenters. The highest BCUT2D eigenvalue weighted by molar-refractivity contribution is 7.91. The van der Waals surface area contributed by atoms with Crippen LogP contribution in [0.4, 0.5) is 4.39 Å². The molecule has 1 unspecified atom stereocenters. The summed E-state index contributed by atoms with van der Waals surface area (Å²) in [5.41, 5.74) is 2.43. The van der Waals surface area contributed by atoms with Gasteiger partial charge in [-0.3, -0.25) is 4.98 Å². The molecule has 0 spiro atoms. The van der Waals surface area contributed by atoms with Gasteiger partial charge in [0.2, 0.25) is 0 Å². The van der Waals surface area contributed by atoms with Crippen LogP contribution in [0, 0.1) is 12.7 Å². The van der Waals surface area contributed by atoms with Crippen molar-refractivity contribution in [2.45, 2.75) is 32.4 Å². The smallest absolute Gasteiger partial charge is 0.144 e. The van der Waals surface area contributed by atoms with Crippen molar-refractivity contribution in [3.63, 3.8) is 0 Å². The summed E-state index contributed by atoms with van der Waals surface area (Å²) in [5, 5.41) is 9.99. The Kier molecular flexibility index (Phi) is 5.06. The number of nitrogens with zero attached hydrogens (tertiary/aromatic N) is 2. The minimum absolute atomic E-state index is 0.142. The fourth-order valence-electron chi connectivity index (χ4n) is 2.03. The second kappa shape index (κ2) is 6.68. The van der Waals surface area contributed by atoms with E-state index in [1.807, 2.05) is 20.8 Å². The number of hydrogen-bond donors (Lipinski definition) is 1. The lowest BCUT2D eigenvalue weighted by molar-refractivity contribution is 0.470. The number of aromatic hydroxyl groups is 1. The lowest BCUT2D eigenvalue weighted by Crippen LogP contribution is -2.25. The molecule has 0 saturated heterocycles. The maximum Gasteiger partial charge on any atom is 0.144 e. The number of halogens is 1. The quantitative estimate of drug-likeness (QED) is 0.686. The number of aryl methyl sites for hydroxylation is 1. The normalized spacial score (nSPS) is 13.5. The largest absolute Gasteiger partial charge is 0.591 e. The van der Waals surface area contributed by atoms with Gasteiger partial charge in [-0.25, -0.2) is 4.39 Å². The highest BCUT2D eigenvalue weighted by Gasteiger charge is 2.25. The van der Waals surface area contributed by atoms with Crippen molar-refractivity contribution in [1.82, 2.24) is 4.98 Å². The Labute approximate surface area is 138 Å². The Bertz CT molecular complexity index is 719. The first-order valence-corrected chi connectivity index (χ1v) is 8.20. The summed E-state index contributed by atoms with van der Waals surface area (Å²) in [4.78, 5) is 4.11. The van der Waals surface area contributed by atoms with Crippen LogP contribution in [0.15, 0.2) is 35.0 Å².